The van der Waals surface area contributed by atoms with Gasteiger partial charge in [0.1, 0.15) is 5.75 Å². The summed E-state index contributed by atoms with van der Waals surface area (Å²) in [7, 11) is -1.89. The molecule has 0 aliphatic carbocycles. The van der Waals surface area contributed by atoms with E-state index in [0.717, 1.165) is 18.2 Å². The van der Waals surface area contributed by atoms with E-state index >= 15 is 0 Å². The molecule has 0 bridgehead atoms. The number of hydrogen-bond donors (Lipinski definition) is 1. The molecule has 24 heavy (non-hydrogen) atoms. The lowest BCUT2D eigenvalue weighted by atomic mass is 9.96. The smallest absolute Gasteiger partial charge is 0.229 e. The van der Waals surface area contributed by atoms with Crippen LogP contribution in [0.1, 0.15) is 22.3 Å². The molecule has 0 aromatic heterocycles. The second-order valence-corrected chi connectivity index (χ2v) is 7.55. The summed E-state index contributed by atoms with van der Waals surface area (Å²) in [6.07, 6.45) is 1.84. The Morgan fingerprint density at radius 1 is 1.08 bits per heavy atom. The van der Waals surface area contributed by atoms with Gasteiger partial charge in [-0.15, -0.1) is 0 Å². The zero-order valence-corrected chi connectivity index (χ0v) is 15.2. The molecule has 0 unspecified atom stereocenters. The van der Waals surface area contributed by atoms with Gasteiger partial charge in [-0.1, -0.05) is 24.3 Å². The molecule has 0 heterocycles. The van der Waals surface area contributed by atoms with Crippen LogP contribution in [-0.2, 0) is 21.2 Å². The molecule has 5 nitrogen and oxygen atoms in total. The largest absolute Gasteiger partial charge is 0.465 e. The molecule has 0 radical (unpaired) electrons. The van der Waals surface area contributed by atoms with Crippen LogP contribution >= 0.6 is 0 Å². The molecule has 0 atom stereocenters. The third-order valence-electron chi connectivity index (χ3n) is 3.70. The highest BCUT2D eigenvalue weighted by Gasteiger charge is 2.11. The number of nitrogens with one attached hydrogen (secondary N) is 1. The van der Waals surface area contributed by atoms with E-state index < -0.39 is 10.0 Å². The van der Waals surface area contributed by atoms with E-state index in [-0.39, 0.29) is 6.79 Å². The van der Waals surface area contributed by atoms with Crippen LogP contribution in [0.15, 0.2) is 36.4 Å². The first-order valence-electron chi connectivity index (χ1n) is 7.57. The molecule has 6 heteroatoms. The lowest BCUT2D eigenvalue weighted by Crippen LogP contribution is -2.12. The van der Waals surface area contributed by atoms with Crippen molar-refractivity contribution in [1.82, 2.24) is 0 Å². The lowest BCUT2D eigenvalue weighted by molar-refractivity contribution is 0.0516. The summed E-state index contributed by atoms with van der Waals surface area (Å²) in [5.41, 5.74) is 5.09. The number of sulfonamides is 1. The molecule has 0 aliphatic heterocycles. The SMILES string of the molecule is COCOc1ccc(Cc2c(C)cccc2C)cc1NS(C)(=O)=O. The van der Waals surface area contributed by atoms with Crippen molar-refractivity contribution in [3.63, 3.8) is 0 Å². The van der Waals surface area contributed by atoms with Crippen molar-refractivity contribution in [2.24, 2.45) is 0 Å². The monoisotopic (exact) mass is 349 g/mol. The quantitative estimate of drug-likeness (QED) is 0.779. The maximum absolute atomic E-state index is 11.6. The van der Waals surface area contributed by atoms with Crippen molar-refractivity contribution in [3.05, 3.63) is 58.7 Å². The van der Waals surface area contributed by atoms with E-state index in [0.29, 0.717) is 11.4 Å². The predicted molar refractivity (Wildman–Crippen MR) is 96.1 cm³/mol. The summed E-state index contributed by atoms with van der Waals surface area (Å²) in [6.45, 7) is 4.21. The second kappa shape index (κ2) is 7.68. The summed E-state index contributed by atoms with van der Waals surface area (Å²) in [6, 6.07) is 11.7. The highest BCUT2D eigenvalue weighted by molar-refractivity contribution is 7.92. The van der Waals surface area contributed by atoms with Gasteiger partial charge in [0.2, 0.25) is 10.0 Å². The minimum Gasteiger partial charge on any atom is -0.465 e. The van der Waals surface area contributed by atoms with Gasteiger partial charge in [-0.25, -0.2) is 8.42 Å². The van der Waals surface area contributed by atoms with Gasteiger partial charge in [0, 0.05) is 7.11 Å². The van der Waals surface area contributed by atoms with E-state index in [1.807, 2.05) is 12.1 Å². The Kier molecular flexibility index (Phi) is 5.85. The summed E-state index contributed by atoms with van der Waals surface area (Å²) in [5.74, 6) is 0.438. The van der Waals surface area contributed by atoms with Crippen LogP contribution in [0, 0.1) is 13.8 Å². The molecule has 2 aromatic carbocycles. The topological polar surface area (TPSA) is 64.6 Å². The molecule has 0 saturated carbocycles. The van der Waals surface area contributed by atoms with Crippen LogP contribution in [0.2, 0.25) is 0 Å². The number of hydrogen-bond acceptors (Lipinski definition) is 4. The number of rotatable bonds is 7. The molecule has 0 spiro atoms. The molecule has 0 fully saturated rings. The van der Waals surface area contributed by atoms with Crippen molar-refractivity contribution >= 4 is 15.7 Å². The van der Waals surface area contributed by atoms with Crippen molar-refractivity contribution in [2.75, 3.05) is 24.9 Å². The summed E-state index contributed by atoms with van der Waals surface area (Å²) < 4.78 is 36.0. The standard InChI is InChI=1S/C18H23NO4S/c1-13-6-5-7-14(2)16(13)10-15-8-9-18(23-12-22-3)17(11-15)19-24(4,20)21/h5-9,11,19H,10,12H2,1-4H3. The average Bonchev–Trinajstić information content (AvgIpc) is 2.49. The molecule has 1 N–H and O–H groups in total. The first kappa shape index (κ1) is 18.3. The van der Waals surface area contributed by atoms with Crippen LogP contribution in [-0.4, -0.2) is 28.6 Å². The summed E-state index contributed by atoms with van der Waals surface area (Å²) in [5, 5.41) is 0. The van der Waals surface area contributed by atoms with Gasteiger partial charge in [0.25, 0.3) is 0 Å². The Balaban J connectivity index is 2.36. The Morgan fingerprint density at radius 3 is 2.33 bits per heavy atom. The third kappa shape index (κ3) is 4.97. The summed E-state index contributed by atoms with van der Waals surface area (Å²) in [4.78, 5) is 0. The first-order chi connectivity index (χ1) is 11.3. The van der Waals surface area contributed by atoms with Gasteiger partial charge in [0.15, 0.2) is 6.79 Å². The van der Waals surface area contributed by atoms with Crippen LogP contribution in [0.25, 0.3) is 0 Å². The Hall–Kier alpha value is -2.05. The molecule has 2 rings (SSSR count). The van der Waals surface area contributed by atoms with Gasteiger partial charge in [0.05, 0.1) is 11.9 Å². The maximum atomic E-state index is 11.6. The zero-order chi connectivity index (χ0) is 17.7. The van der Waals surface area contributed by atoms with Gasteiger partial charge in [-0.05, 0) is 54.7 Å². The van der Waals surface area contributed by atoms with Gasteiger partial charge < -0.3 is 9.47 Å². The normalized spacial score (nSPS) is 11.3. The number of anilines is 1. The van der Waals surface area contributed by atoms with Crippen LogP contribution in [0.4, 0.5) is 5.69 Å². The minimum absolute atomic E-state index is 0.0503. The van der Waals surface area contributed by atoms with E-state index in [4.69, 9.17) is 9.47 Å². The van der Waals surface area contributed by atoms with E-state index in [1.165, 1.54) is 23.8 Å². The van der Waals surface area contributed by atoms with Crippen LogP contribution in [0.3, 0.4) is 0 Å². The molecular formula is C18H23NO4S. The average molecular weight is 349 g/mol. The molecular weight excluding hydrogens is 326 g/mol. The number of aryl methyl sites for hydroxylation is 2. The van der Waals surface area contributed by atoms with Crippen LogP contribution in [0.5, 0.6) is 5.75 Å². The molecule has 2 aromatic rings. The van der Waals surface area contributed by atoms with Crippen LogP contribution < -0.4 is 9.46 Å². The number of benzene rings is 2. The van der Waals surface area contributed by atoms with E-state index in [2.05, 4.69) is 30.7 Å². The van der Waals surface area contributed by atoms with Crippen molar-refractivity contribution in [3.8, 4) is 5.75 Å². The minimum atomic E-state index is -3.40. The fourth-order valence-corrected chi connectivity index (χ4v) is 3.11. The Morgan fingerprint density at radius 2 is 1.75 bits per heavy atom. The predicted octanol–water partition coefficient (Wildman–Crippen LogP) is 3.25. The lowest BCUT2D eigenvalue weighted by Gasteiger charge is -2.15. The fourth-order valence-electron chi connectivity index (χ4n) is 2.55. The highest BCUT2D eigenvalue weighted by atomic mass is 32.2. The maximum Gasteiger partial charge on any atom is 0.229 e. The first-order valence-corrected chi connectivity index (χ1v) is 9.47. The van der Waals surface area contributed by atoms with Crippen molar-refractivity contribution in [1.29, 1.82) is 0 Å². The van der Waals surface area contributed by atoms with Gasteiger partial charge in [-0.3, -0.25) is 4.72 Å². The van der Waals surface area contributed by atoms with Crippen molar-refractivity contribution in [2.45, 2.75) is 20.3 Å². The van der Waals surface area contributed by atoms with Gasteiger partial charge in [-0.2, -0.15) is 0 Å². The van der Waals surface area contributed by atoms with Crippen molar-refractivity contribution < 1.29 is 17.9 Å². The number of methoxy groups -OCH3 is 1. The molecule has 0 amide bonds. The second-order valence-electron chi connectivity index (χ2n) is 5.80. The molecule has 130 valence electrons. The third-order valence-corrected chi connectivity index (χ3v) is 4.29. The molecule has 0 aliphatic rings. The summed E-state index contributed by atoms with van der Waals surface area (Å²) >= 11 is 0. The Bertz CT molecular complexity index is 796. The van der Waals surface area contributed by atoms with E-state index in [9.17, 15) is 8.42 Å². The number of ether oxygens (including phenoxy) is 2. The van der Waals surface area contributed by atoms with E-state index in [1.54, 1.807) is 12.1 Å². The Labute approximate surface area is 143 Å². The zero-order valence-electron chi connectivity index (χ0n) is 14.4. The fraction of sp³-hybridized carbons (Fsp3) is 0.333. The van der Waals surface area contributed by atoms with Gasteiger partial charge >= 0.3 is 0 Å². The molecule has 0 saturated heterocycles. The highest BCUT2D eigenvalue weighted by Crippen LogP contribution is 2.28.